The summed E-state index contributed by atoms with van der Waals surface area (Å²) in [5.41, 5.74) is 1.67. The van der Waals surface area contributed by atoms with Crippen LogP contribution in [0.2, 0.25) is 0 Å². The number of carboxylic acids is 1. The predicted molar refractivity (Wildman–Crippen MR) is 79.3 cm³/mol. The highest BCUT2D eigenvalue weighted by molar-refractivity contribution is 5.81. The van der Waals surface area contributed by atoms with E-state index in [1.54, 1.807) is 18.2 Å². The Kier molecular flexibility index (Phi) is 3.28. The lowest BCUT2D eigenvalue weighted by Gasteiger charge is -2.04. The molecule has 0 aliphatic carbocycles. The van der Waals surface area contributed by atoms with Crippen LogP contribution in [0.5, 0.6) is 0 Å². The molecular formula is C17H12O4. The molecule has 0 bridgehead atoms. The zero-order chi connectivity index (χ0) is 14.8. The molecule has 0 aliphatic heterocycles. The molecule has 2 aromatic carbocycles. The summed E-state index contributed by atoms with van der Waals surface area (Å²) < 4.78 is 5.76. The molecule has 1 N–H and O–H groups in total. The molecule has 1 aromatic heterocycles. The molecule has 4 heteroatoms. The van der Waals surface area contributed by atoms with Gasteiger partial charge in [-0.15, -0.1) is 0 Å². The molecule has 0 atom stereocenters. The number of hydrogen-bond acceptors (Lipinski definition) is 3. The van der Waals surface area contributed by atoms with E-state index >= 15 is 0 Å². The summed E-state index contributed by atoms with van der Waals surface area (Å²) >= 11 is 0. The molecule has 3 aromatic rings. The Balaban J connectivity index is 2.17. The summed E-state index contributed by atoms with van der Waals surface area (Å²) in [6, 6.07) is 15.6. The molecule has 104 valence electrons. The van der Waals surface area contributed by atoms with E-state index in [4.69, 9.17) is 9.52 Å². The van der Waals surface area contributed by atoms with Crippen molar-refractivity contribution in [3.8, 4) is 11.3 Å². The summed E-state index contributed by atoms with van der Waals surface area (Å²) in [7, 11) is 0. The van der Waals surface area contributed by atoms with Crippen LogP contribution in [0.4, 0.5) is 0 Å². The van der Waals surface area contributed by atoms with E-state index in [0.29, 0.717) is 22.3 Å². The molecule has 3 rings (SSSR count). The van der Waals surface area contributed by atoms with Crippen LogP contribution < -0.4 is 5.43 Å². The van der Waals surface area contributed by atoms with Crippen molar-refractivity contribution in [1.82, 2.24) is 0 Å². The Hall–Kier alpha value is -2.88. The first kappa shape index (κ1) is 13.1. The van der Waals surface area contributed by atoms with Crippen LogP contribution in [0.1, 0.15) is 5.56 Å². The van der Waals surface area contributed by atoms with Crippen molar-refractivity contribution in [3.63, 3.8) is 0 Å². The van der Waals surface area contributed by atoms with E-state index < -0.39 is 5.97 Å². The molecule has 0 spiro atoms. The van der Waals surface area contributed by atoms with Crippen LogP contribution in [0.3, 0.4) is 0 Å². The Morgan fingerprint density at radius 2 is 1.81 bits per heavy atom. The van der Waals surface area contributed by atoms with E-state index in [0.717, 1.165) is 5.56 Å². The molecule has 0 amide bonds. The number of carbonyl (C=O) groups is 1. The van der Waals surface area contributed by atoms with Gasteiger partial charge in [-0.2, -0.15) is 0 Å². The topological polar surface area (TPSA) is 67.5 Å². The van der Waals surface area contributed by atoms with E-state index in [2.05, 4.69) is 0 Å². The van der Waals surface area contributed by atoms with Gasteiger partial charge in [0.15, 0.2) is 5.43 Å². The molecule has 4 nitrogen and oxygen atoms in total. The third-order valence-corrected chi connectivity index (χ3v) is 3.21. The second-order valence-electron chi connectivity index (χ2n) is 4.74. The normalized spacial score (nSPS) is 10.7. The minimum Gasteiger partial charge on any atom is -0.481 e. The quantitative estimate of drug-likeness (QED) is 0.800. The average molecular weight is 280 g/mol. The zero-order valence-electron chi connectivity index (χ0n) is 11.1. The number of hydrogen-bond donors (Lipinski definition) is 1. The maximum atomic E-state index is 12.1. The van der Waals surface area contributed by atoms with Gasteiger partial charge in [0.05, 0.1) is 11.8 Å². The standard InChI is InChI=1S/C17H12O4/c18-14-10-15(12-4-2-1-3-5-12)21-16-8-11(9-17(19)20)6-7-13(14)16/h1-8,10H,9H2,(H,19,20). The molecular weight excluding hydrogens is 268 g/mol. The second-order valence-corrected chi connectivity index (χ2v) is 4.74. The highest BCUT2D eigenvalue weighted by Gasteiger charge is 2.08. The number of fused-ring (bicyclic) bond motifs is 1. The first-order valence-corrected chi connectivity index (χ1v) is 6.47. The zero-order valence-corrected chi connectivity index (χ0v) is 11.1. The van der Waals surface area contributed by atoms with Gasteiger partial charge in [-0.3, -0.25) is 9.59 Å². The molecule has 0 radical (unpaired) electrons. The van der Waals surface area contributed by atoms with E-state index in [-0.39, 0.29) is 11.8 Å². The summed E-state index contributed by atoms with van der Waals surface area (Å²) in [4.78, 5) is 22.9. The van der Waals surface area contributed by atoms with Crippen molar-refractivity contribution in [2.45, 2.75) is 6.42 Å². The van der Waals surface area contributed by atoms with E-state index in [1.807, 2.05) is 30.3 Å². The monoisotopic (exact) mass is 280 g/mol. The van der Waals surface area contributed by atoms with Crippen molar-refractivity contribution in [2.75, 3.05) is 0 Å². The van der Waals surface area contributed by atoms with E-state index in [9.17, 15) is 9.59 Å². The minimum atomic E-state index is -0.920. The van der Waals surface area contributed by atoms with Gasteiger partial charge in [0, 0.05) is 11.6 Å². The fraction of sp³-hybridized carbons (Fsp3) is 0.0588. The summed E-state index contributed by atoms with van der Waals surface area (Å²) in [6.07, 6.45) is -0.102. The van der Waals surface area contributed by atoms with E-state index in [1.165, 1.54) is 6.07 Å². The molecule has 0 aliphatic rings. The lowest BCUT2D eigenvalue weighted by molar-refractivity contribution is -0.136. The van der Waals surface area contributed by atoms with Gasteiger partial charge in [-0.05, 0) is 17.7 Å². The molecule has 0 saturated heterocycles. The SMILES string of the molecule is O=C(O)Cc1ccc2c(=O)cc(-c3ccccc3)oc2c1. The summed E-state index contributed by atoms with van der Waals surface area (Å²) in [6.45, 7) is 0. The van der Waals surface area contributed by atoms with Crippen molar-refractivity contribution in [2.24, 2.45) is 0 Å². The second kappa shape index (κ2) is 5.25. The largest absolute Gasteiger partial charge is 0.481 e. The fourth-order valence-corrected chi connectivity index (χ4v) is 2.23. The number of aliphatic carboxylic acids is 1. The lowest BCUT2D eigenvalue weighted by atomic mass is 10.1. The van der Waals surface area contributed by atoms with Crippen LogP contribution in [-0.4, -0.2) is 11.1 Å². The van der Waals surface area contributed by atoms with Gasteiger partial charge in [-0.25, -0.2) is 0 Å². The van der Waals surface area contributed by atoms with Gasteiger partial charge < -0.3 is 9.52 Å². The van der Waals surface area contributed by atoms with Crippen LogP contribution in [-0.2, 0) is 11.2 Å². The summed E-state index contributed by atoms with van der Waals surface area (Å²) in [5.74, 6) is -0.448. The Labute approximate surface area is 120 Å². The highest BCUT2D eigenvalue weighted by Crippen LogP contribution is 2.22. The molecule has 0 unspecified atom stereocenters. The Morgan fingerprint density at radius 3 is 2.52 bits per heavy atom. The summed E-state index contributed by atoms with van der Waals surface area (Å²) in [5, 5.41) is 9.28. The van der Waals surface area contributed by atoms with Gasteiger partial charge >= 0.3 is 5.97 Å². The Bertz CT molecular complexity index is 863. The van der Waals surface area contributed by atoms with Gasteiger partial charge in [-0.1, -0.05) is 36.4 Å². The maximum Gasteiger partial charge on any atom is 0.307 e. The first-order chi connectivity index (χ1) is 10.1. The molecule has 21 heavy (non-hydrogen) atoms. The first-order valence-electron chi connectivity index (χ1n) is 6.47. The highest BCUT2D eigenvalue weighted by atomic mass is 16.4. The van der Waals surface area contributed by atoms with Crippen molar-refractivity contribution in [3.05, 3.63) is 70.4 Å². The third-order valence-electron chi connectivity index (χ3n) is 3.21. The van der Waals surface area contributed by atoms with Crippen molar-refractivity contribution < 1.29 is 14.3 Å². The van der Waals surface area contributed by atoms with Crippen molar-refractivity contribution >= 4 is 16.9 Å². The van der Waals surface area contributed by atoms with Gasteiger partial charge in [0.1, 0.15) is 11.3 Å². The lowest BCUT2D eigenvalue weighted by Crippen LogP contribution is -2.03. The predicted octanol–water partition coefficient (Wildman–Crippen LogP) is 3.09. The molecule has 0 saturated carbocycles. The molecule has 0 fully saturated rings. The number of rotatable bonds is 3. The fourth-order valence-electron chi connectivity index (χ4n) is 2.23. The maximum absolute atomic E-state index is 12.1. The van der Waals surface area contributed by atoms with Crippen LogP contribution >= 0.6 is 0 Å². The van der Waals surface area contributed by atoms with Gasteiger partial charge in [0.25, 0.3) is 0 Å². The van der Waals surface area contributed by atoms with Crippen molar-refractivity contribution in [1.29, 1.82) is 0 Å². The average Bonchev–Trinajstić information content (AvgIpc) is 2.47. The minimum absolute atomic E-state index is 0.102. The number of benzene rings is 2. The third kappa shape index (κ3) is 2.69. The van der Waals surface area contributed by atoms with Gasteiger partial charge in [0.2, 0.25) is 0 Å². The number of carboxylic acid groups (broad SMARTS) is 1. The molecule has 1 heterocycles. The Morgan fingerprint density at radius 1 is 1.05 bits per heavy atom. The smallest absolute Gasteiger partial charge is 0.307 e. The van der Waals surface area contributed by atoms with Crippen LogP contribution in [0.15, 0.2) is 63.8 Å². The van der Waals surface area contributed by atoms with Crippen LogP contribution in [0, 0.1) is 0 Å². The van der Waals surface area contributed by atoms with Crippen LogP contribution in [0.25, 0.3) is 22.3 Å².